The summed E-state index contributed by atoms with van der Waals surface area (Å²) in [4.78, 5) is 18.5. The maximum Gasteiger partial charge on any atom is 0.272 e. The fourth-order valence-electron chi connectivity index (χ4n) is 2.87. The van der Waals surface area contributed by atoms with E-state index in [9.17, 15) is 4.79 Å². The molecule has 1 fully saturated rings. The van der Waals surface area contributed by atoms with Crippen LogP contribution >= 0.6 is 11.3 Å². The van der Waals surface area contributed by atoms with Crippen LogP contribution in [0.4, 0.5) is 0 Å². The molecule has 0 aliphatic carbocycles. The van der Waals surface area contributed by atoms with Crippen LogP contribution in [0.2, 0.25) is 0 Å². The standard InChI is InChI=1S/C17H24N4OS/c1-13(2)15-11-16(19(3)18-15)17(22)21-8-6-20(7-9-21)12-14-5-4-10-23-14/h4-5,10-11,13H,6-9,12H2,1-3H3. The predicted molar refractivity (Wildman–Crippen MR) is 92.8 cm³/mol. The van der Waals surface area contributed by atoms with E-state index in [2.05, 4.69) is 41.4 Å². The van der Waals surface area contributed by atoms with Crippen molar-refractivity contribution in [2.45, 2.75) is 26.3 Å². The van der Waals surface area contributed by atoms with Crippen LogP contribution < -0.4 is 0 Å². The maximum atomic E-state index is 12.7. The van der Waals surface area contributed by atoms with E-state index in [0.29, 0.717) is 11.6 Å². The SMILES string of the molecule is CC(C)c1cc(C(=O)N2CCN(Cc3cccs3)CC2)n(C)n1. The van der Waals surface area contributed by atoms with Gasteiger partial charge in [0.25, 0.3) is 5.91 Å². The van der Waals surface area contributed by atoms with Crippen molar-refractivity contribution in [1.29, 1.82) is 0 Å². The summed E-state index contributed by atoms with van der Waals surface area (Å²) in [6, 6.07) is 6.20. The predicted octanol–water partition coefficient (Wildman–Crippen LogP) is 2.56. The summed E-state index contributed by atoms with van der Waals surface area (Å²) in [5.41, 5.74) is 1.67. The van der Waals surface area contributed by atoms with Crippen molar-refractivity contribution >= 4 is 17.2 Å². The molecule has 0 spiro atoms. The molecule has 0 bridgehead atoms. The topological polar surface area (TPSA) is 41.4 Å². The zero-order chi connectivity index (χ0) is 16.4. The van der Waals surface area contributed by atoms with Crippen molar-refractivity contribution in [2.24, 2.45) is 7.05 Å². The number of thiophene rings is 1. The first kappa shape index (κ1) is 16.2. The highest BCUT2D eigenvalue weighted by Gasteiger charge is 2.25. The van der Waals surface area contributed by atoms with Crippen LogP contribution in [0, 0.1) is 0 Å². The quantitative estimate of drug-likeness (QED) is 0.864. The van der Waals surface area contributed by atoms with E-state index in [1.807, 2.05) is 18.0 Å². The van der Waals surface area contributed by atoms with Gasteiger partial charge in [0.05, 0.1) is 5.69 Å². The third kappa shape index (κ3) is 3.64. The number of piperazine rings is 1. The Bertz CT molecular complexity index is 654. The second kappa shape index (κ2) is 6.84. The van der Waals surface area contributed by atoms with Gasteiger partial charge in [-0.3, -0.25) is 14.4 Å². The van der Waals surface area contributed by atoms with Gasteiger partial charge in [-0.25, -0.2) is 0 Å². The van der Waals surface area contributed by atoms with Crippen LogP contribution in [0.5, 0.6) is 0 Å². The monoisotopic (exact) mass is 332 g/mol. The van der Waals surface area contributed by atoms with E-state index < -0.39 is 0 Å². The second-order valence-corrected chi connectivity index (χ2v) is 7.41. The minimum atomic E-state index is 0.0997. The average Bonchev–Trinajstić information content (AvgIpc) is 3.17. The van der Waals surface area contributed by atoms with E-state index in [1.54, 1.807) is 16.0 Å². The fourth-order valence-corrected chi connectivity index (χ4v) is 3.61. The van der Waals surface area contributed by atoms with Crippen LogP contribution in [0.3, 0.4) is 0 Å². The minimum Gasteiger partial charge on any atom is -0.335 e. The van der Waals surface area contributed by atoms with Crippen LogP contribution in [0.1, 0.15) is 40.8 Å². The highest BCUT2D eigenvalue weighted by Crippen LogP contribution is 2.17. The molecular formula is C17H24N4OS. The number of aryl methyl sites for hydroxylation is 1. The van der Waals surface area contributed by atoms with Gasteiger partial charge >= 0.3 is 0 Å². The zero-order valence-corrected chi connectivity index (χ0v) is 14.8. The molecule has 0 atom stereocenters. The number of nitrogens with zero attached hydrogens (tertiary/aromatic N) is 4. The molecule has 1 saturated heterocycles. The molecular weight excluding hydrogens is 308 g/mol. The summed E-state index contributed by atoms with van der Waals surface area (Å²) in [7, 11) is 1.85. The number of amides is 1. The normalized spacial score (nSPS) is 16.3. The first-order chi connectivity index (χ1) is 11.0. The molecule has 2 aromatic rings. The summed E-state index contributed by atoms with van der Waals surface area (Å²) in [5, 5.41) is 6.57. The van der Waals surface area contributed by atoms with Crippen molar-refractivity contribution in [3.8, 4) is 0 Å². The highest BCUT2D eigenvalue weighted by atomic mass is 32.1. The number of carbonyl (C=O) groups excluding carboxylic acids is 1. The Kier molecular flexibility index (Phi) is 4.82. The molecule has 0 N–H and O–H groups in total. The Morgan fingerprint density at radius 2 is 2.04 bits per heavy atom. The van der Waals surface area contributed by atoms with Gasteiger partial charge in [0, 0.05) is 44.6 Å². The molecule has 124 valence electrons. The Morgan fingerprint density at radius 1 is 1.30 bits per heavy atom. The summed E-state index contributed by atoms with van der Waals surface area (Å²) in [5.74, 6) is 0.438. The molecule has 5 nitrogen and oxygen atoms in total. The van der Waals surface area contributed by atoms with Crippen molar-refractivity contribution in [2.75, 3.05) is 26.2 Å². The Labute approximate surface area is 141 Å². The molecule has 0 radical (unpaired) electrons. The van der Waals surface area contributed by atoms with Gasteiger partial charge in [-0.2, -0.15) is 5.10 Å². The van der Waals surface area contributed by atoms with Crippen molar-refractivity contribution in [1.82, 2.24) is 19.6 Å². The summed E-state index contributed by atoms with van der Waals surface area (Å²) < 4.78 is 1.72. The Morgan fingerprint density at radius 3 is 2.61 bits per heavy atom. The molecule has 0 unspecified atom stereocenters. The van der Waals surface area contributed by atoms with Crippen LogP contribution in [0.25, 0.3) is 0 Å². The second-order valence-electron chi connectivity index (χ2n) is 6.38. The van der Waals surface area contributed by atoms with Gasteiger partial charge in [0.2, 0.25) is 0 Å². The molecule has 0 aromatic carbocycles. The van der Waals surface area contributed by atoms with Gasteiger partial charge in [-0.1, -0.05) is 19.9 Å². The maximum absolute atomic E-state index is 12.7. The molecule has 3 rings (SSSR count). The molecule has 1 aliphatic heterocycles. The third-order valence-electron chi connectivity index (χ3n) is 4.33. The Balaban J connectivity index is 1.60. The van der Waals surface area contributed by atoms with Gasteiger partial charge in [-0.15, -0.1) is 11.3 Å². The van der Waals surface area contributed by atoms with Crippen molar-refractivity contribution in [3.63, 3.8) is 0 Å². The molecule has 6 heteroatoms. The van der Waals surface area contributed by atoms with Crippen LogP contribution in [0.15, 0.2) is 23.6 Å². The van der Waals surface area contributed by atoms with Gasteiger partial charge in [0.1, 0.15) is 5.69 Å². The molecule has 1 aliphatic rings. The highest BCUT2D eigenvalue weighted by molar-refractivity contribution is 7.09. The van der Waals surface area contributed by atoms with Crippen LogP contribution in [-0.4, -0.2) is 51.7 Å². The van der Waals surface area contributed by atoms with Gasteiger partial charge in [-0.05, 0) is 23.4 Å². The summed E-state index contributed by atoms with van der Waals surface area (Å²) in [6.45, 7) is 8.61. The number of aromatic nitrogens is 2. The average molecular weight is 332 g/mol. The minimum absolute atomic E-state index is 0.0997. The largest absolute Gasteiger partial charge is 0.335 e. The number of hydrogen-bond donors (Lipinski definition) is 0. The van der Waals surface area contributed by atoms with E-state index >= 15 is 0 Å². The van der Waals surface area contributed by atoms with E-state index in [4.69, 9.17) is 0 Å². The van der Waals surface area contributed by atoms with Crippen LogP contribution in [-0.2, 0) is 13.6 Å². The lowest BCUT2D eigenvalue weighted by Gasteiger charge is -2.34. The lowest BCUT2D eigenvalue weighted by molar-refractivity contribution is 0.0619. The summed E-state index contributed by atoms with van der Waals surface area (Å²) >= 11 is 1.79. The first-order valence-corrected chi connectivity index (χ1v) is 9.00. The fraction of sp³-hybridized carbons (Fsp3) is 0.529. The smallest absolute Gasteiger partial charge is 0.272 e. The molecule has 23 heavy (non-hydrogen) atoms. The van der Waals surface area contributed by atoms with Crippen molar-refractivity contribution < 1.29 is 4.79 Å². The number of carbonyl (C=O) groups is 1. The third-order valence-corrected chi connectivity index (χ3v) is 5.19. The summed E-state index contributed by atoms with van der Waals surface area (Å²) in [6.07, 6.45) is 0. The molecule has 2 aromatic heterocycles. The van der Waals surface area contributed by atoms with Crippen molar-refractivity contribution in [3.05, 3.63) is 39.8 Å². The first-order valence-electron chi connectivity index (χ1n) is 8.12. The molecule has 1 amide bonds. The number of hydrogen-bond acceptors (Lipinski definition) is 4. The molecule has 3 heterocycles. The number of rotatable bonds is 4. The zero-order valence-electron chi connectivity index (χ0n) is 14.0. The molecule has 0 saturated carbocycles. The lowest BCUT2D eigenvalue weighted by Crippen LogP contribution is -2.48. The van der Waals surface area contributed by atoms with E-state index in [0.717, 1.165) is 38.4 Å². The van der Waals surface area contributed by atoms with E-state index in [1.165, 1.54) is 4.88 Å². The van der Waals surface area contributed by atoms with Gasteiger partial charge < -0.3 is 4.90 Å². The van der Waals surface area contributed by atoms with E-state index in [-0.39, 0.29) is 5.91 Å². The Hall–Kier alpha value is -1.66. The van der Waals surface area contributed by atoms with Gasteiger partial charge in [0.15, 0.2) is 0 Å². The lowest BCUT2D eigenvalue weighted by atomic mass is 10.1.